The van der Waals surface area contributed by atoms with Gasteiger partial charge in [-0.15, -0.1) is 0 Å². The van der Waals surface area contributed by atoms with Crippen molar-refractivity contribution >= 4 is 5.97 Å². The maximum absolute atomic E-state index is 11.0. The van der Waals surface area contributed by atoms with Gasteiger partial charge in [-0.1, -0.05) is 13.8 Å². The van der Waals surface area contributed by atoms with Crippen LogP contribution in [0, 0.1) is 0 Å². The van der Waals surface area contributed by atoms with E-state index in [-0.39, 0.29) is 11.5 Å². The zero-order chi connectivity index (χ0) is 10.3. The first-order valence-corrected chi connectivity index (χ1v) is 4.98. The predicted molar refractivity (Wildman–Crippen MR) is 53.6 cm³/mol. The topological polar surface area (TPSA) is 38.3 Å². The largest absolute Gasteiger partial charge is 0.465 e. The minimum Gasteiger partial charge on any atom is -0.465 e. The van der Waals surface area contributed by atoms with Gasteiger partial charge in [-0.25, -0.2) is 0 Å². The van der Waals surface area contributed by atoms with E-state index in [0.29, 0.717) is 13.2 Å². The fourth-order valence-corrected chi connectivity index (χ4v) is 0.998. The Balaban J connectivity index is 3.78. The number of hydrogen-bond acceptors (Lipinski definition) is 3. The standard InChI is InChI=1S/C10H21NO2/c1-5-10(4,6-2)11-8-9(12)13-7-3/h11H,5-8H2,1-4H3. The van der Waals surface area contributed by atoms with Crippen molar-refractivity contribution in [3.8, 4) is 0 Å². The van der Waals surface area contributed by atoms with Crippen molar-refractivity contribution in [2.45, 2.75) is 46.1 Å². The first-order valence-electron chi connectivity index (χ1n) is 4.98. The quantitative estimate of drug-likeness (QED) is 0.643. The lowest BCUT2D eigenvalue weighted by Gasteiger charge is -2.27. The Hall–Kier alpha value is -0.570. The normalized spacial score (nSPS) is 11.4. The van der Waals surface area contributed by atoms with Gasteiger partial charge in [0.25, 0.3) is 0 Å². The summed E-state index contributed by atoms with van der Waals surface area (Å²) in [5.41, 5.74) is 0.0623. The molecular formula is C10H21NO2. The van der Waals surface area contributed by atoms with Crippen LogP contribution in [0.3, 0.4) is 0 Å². The van der Waals surface area contributed by atoms with Crippen LogP contribution in [0.15, 0.2) is 0 Å². The summed E-state index contributed by atoms with van der Waals surface area (Å²) < 4.78 is 4.82. The molecule has 0 atom stereocenters. The number of carbonyl (C=O) groups is 1. The first-order chi connectivity index (χ1) is 6.08. The van der Waals surface area contributed by atoms with Gasteiger partial charge >= 0.3 is 5.97 Å². The van der Waals surface area contributed by atoms with Crippen molar-refractivity contribution in [3.05, 3.63) is 0 Å². The Morgan fingerprint density at radius 2 is 1.85 bits per heavy atom. The second-order valence-corrected chi connectivity index (χ2v) is 3.43. The lowest BCUT2D eigenvalue weighted by atomic mass is 9.96. The van der Waals surface area contributed by atoms with Gasteiger partial charge in [-0.2, -0.15) is 0 Å². The molecule has 0 aromatic carbocycles. The number of rotatable bonds is 6. The van der Waals surface area contributed by atoms with Crippen LogP contribution < -0.4 is 5.32 Å². The highest BCUT2D eigenvalue weighted by Crippen LogP contribution is 2.12. The molecule has 0 spiro atoms. The third-order valence-electron chi connectivity index (χ3n) is 2.53. The summed E-state index contributed by atoms with van der Waals surface area (Å²) in [6.07, 6.45) is 2.03. The minimum absolute atomic E-state index is 0.0623. The van der Waals surface area contributed by atoms with Crippen molar-refractivity contribution in [2.75, 3.05) is 13.2 Å². The zero-order valence-electron chi connectivity index (χ0n) is 9.14. The number of esters is 1. The molecule has 0 fully saturated rings. The van der Waals surface area contributed by atoms with Crippen molar-refractivity contribution in [2.24, 2.45) is 0 Å². The Labute approximate surface area is 80.8 Å². The molecule has 0 unspecified atom stereocenters. The Morgan fingerprint density at radius 3 is 2.23 bits per heavy atom. The van der Waals surface area contributed by atoms with E-state index >= 15 is 0 Å². The van der Waals surface area contributed by atoms with E-state index in [4.69, 9.17) is 4.74 Å². The molecule has 0 aromatic rings. The summed E-state index contributed by atoms with van der Waals surface area (Å²) >= 11 is 0. The smallest absolute Gasteiger partial charge is 0.319 e. The maximum Gasteiger partial charge on any atom is 0.319 e. The molecule has 0 saturated heterocycles. The van der Waals surface area contributed by atoms with Gasteiger partial charge in [-0.3, -0.25) is 4.79 Å². The van der Waals surface area contributed by atoms with Gasteiger partial charge in [0, 0.05) is 5.54 Å². The van der Waals surface area contributed by atoms with Crippen LogP contribution in [-0.4, -0.2) is 24.7 Å². The lowest BCUT2D eigenvalue weighted by Crippen LogP contribution is -2.44. The summed E-state index contributed by atoms with van der Waals surface area (Å²) in [6, 6.07) is 0. The molecule has 78 valence electrons. The average molecular weight is 187 g/mol. The second kappa shape index (κ2) is 5.97. The molecular weight excluding hydrogens is 166 g/mol. The highest BCUT2D eigenvalue weighted by molar-refractivity contribution is 5.71. The Kier molecular flexibility index (Phi) is 5.71. The molecule has 0 radical (unpaired) electrons. The number of carbonyl (C=O) groups excluding carboxylic acids is 1. The van der Waals surface area contributed by atoms with Gasteiger partial charge < -0.3 is 10.1 Å². The molecule has 13 heavy (non-hydrogen) atoms. The second-order valence-electron chi connectivity index (χ2n) is 3.43. The molecule has 0 aliphatic rings. The Bertz CT molecular complexity index is 153. The Morgan fingerprint density at radius 1 is 1.31 bits per heavy atom. The van der Waals surface area contributed by atoms with Crippen LogP contribution in [0.5, 0.6) is 0 Å². The molecule has 0 aliphatic heterocycles. The monoisotopic (exact) mass is 187 g/mol. The highest BCUT2D eigenvalue weighted by Gasteiger charge is 2.19. The summed E-state index contributed by atoms with van der Waals surface area (Å²) in [5, 5.41) is 3.21. The molecule has 3 nitrogen and oxygen atoms in total. The van der Waals surface area contributed by atoms with E-state index in [1.54, 1.807) is 0 Å². The molecule has 0 heterocycles. The molecule has 1 N–H and O–H groups in total. The number of hydrogen-bond donors (Lipinski definition) is 1. The van der Waals surface area contributed by atoms with E-state index in [2.05, 4.69) is 26.1 Å². The van der Waals surface area contributed by atoms with E-state index in [0.717, 1.165) is 12.8 Å². The molecule has 0 aromatic heterocycles. The molecule has 3 heteroatoms. The molecule has 0 bridgehead atoms. The summed E-state index contributed by atoms with van der Waals surface area (Å²) in [6.45, 7) is 8.92. The van der Waals surface area contributed by atoms with Gasteiger partial charge in [0.15, 0.2) is 0 Å². The first kappa shape index (κ1) is 12.4. The van der Waals surface area contributed by atoms with Gasteiger partial charge in [0.2, 0.25) is 0 Å². The van der Waals surface area contributed by atoms with E-state index in [1.165, 1.54) is 0 Å². The van der Waals surface area contributed by atoms with Crippen molar-refractivity contribution in [1.82, 2.24) is 5.32 Å². The summed E-state index contributed by atoms with van der Waals surface area (Å²) in [4.78, 5) is 11.0. The predicted octanol–water partition coefficient (Wildman–Crippen LogP) is 1.72. The third kappa shape index (κ3) is 4.88. The van der Waals surface area contributed by atoms with Crippen LogP contribution in [-0.2, 0) is 9.53 Å². The summed E-state index contributed by atoms with van der Waals surface area (Å²) in [5.74, 6) is -0.171. The zero-order valence-corrected chi connectivity index (χ0v) is 9.14. The van der Waals surface area contributed by atoms with Crippen LogP contribution in [0.25, 0.3) is 0 Å². The fourth-order valence-electron chi connectivity index (χ4n) is 0.998. The van der Waals surface area contributed by atoms with Gasteiger partial charge in [0.05, 0.1) is 13.2 Å². The third-order valence-corrected chi connectivity index (χ3v) is 2.53. The molecule has 0 saturated carbocycles. The van der Waals surface area contributed by atoms with E-state index in [9.17, 15) is 4.79 Å². The summed E-state index contributed by atoms with van der Waals surface area (Å²) in [7, 11) is 0. The van der Waals surface area contributed by atoms with Crippen LogP contribution in [0.4, 0.5) is 0 Å². The lowest BCUT2D eigenvalue weighted by molar-refractivity contribution is -0.142. The van der Waals surface area contributed by atoms with Gasteiger partial charge in [-0.05, 0) is 26.7 Å². The molecule has 0 aliphatic carbocycles. The highest BCUT2D eigenvalue weighted by atomic mass is 16.5. The van der Waals surface area contributed by atoms with Crippen LogP contribution >= 0.6 is 0 Å². The van der Waals surface area contributed by atoms with E-state index in [1.807, 2.05) is 6.92 Å². The van der Waals surface area contributed by atoms with Crippen molar-refractivity contribution in [3.63, 3.8) is 0 Å². The van der Waals surface area contributed by atoms with Crippen LogP contribution in [0.2, 0.25) is 0 Å². The fraction of sp³-hybridized carbons (Fsp3) is 0.900. The number of nitrogens with one attached hydrogen (secondary N) is 1. The minimum atomic E-state index is -0.171. The van der Waals surface area contributed by atoms with Crippen molar-refractivity contribution < 1.29 is 9.53 Å². The average Bonchev–Trinajstić information content (AvgIpc) is 2.15. The number of ether oxygens (including phenoxy) is 1. The SMILES string of the molecule is CCOC(=O)CNC(C)(CC)CC. The molecule has 0 rings (SSSR count). The van der Waals surface area contributed by atoms with Gasteiger partial charge in [0.1, 0.15) is 0 Å². The van der Waals surface area contributed by atoms with E-state index < -0.39 is 0 Å². The van der Waals surface area contributed by atoms with Crippen LogP contribution in [0.1, 0.15) is 40.5 Å². The molecule has 0 amide bonds. The maximum atomic E-state index is 11.0. The van der Waals surface area contributed by atoms with Crippen molar-refractivity contribution in [1.29, 1.82) is 0 Å².